The molecule has 0 aliphatic rings. The van der Waals surface area contributed by atoms with Crippen LogP contribution in [-0.4, -0.2) is 24.7 Å². The normalized spacial score (nSPS) is 10.5. The van der Waals surface area contributed by atoms with E-state index in [2.05, 4.69) is 12.2 Å². The highest BCUT2D eigenvalue weighted by Gasteiger charge is 2.03. The van der Waals surface area contributed by atoms with Crippen LogP contribution in [0.15, 0.2) is 24.3 Å². The molecule has 0 heterocycles. The van der Waals surface area contributed by atoms with Gasteiger partial charge in [-0.2, -0.15) is 0 Å². The van der Waals surface area contributed by atoms with Gasteiger partial charge in [0.2, 0.25) is 0 Å². The summed E-state index contributed by atoms with van der Waals surface area (Å²) >= 11 is 0. The number of ether oxygens (including phenoxy) is 1. The molecular formula is C13H20N2O3. The number of nitro benzene ring substituents is 1. The molecule has 0 amide bonds. The third-order valence-corrected chi connectivity index (χ3v) is 2.47. The number of nitrogens with one attached hydrogen (secondary N) is 1. The molecule has 1 aromatic rings. The zero-order valence-corrected chi connectivity index (χ0v) is 10.7. The van der Waals surface area contributed by atoms with Crippen molar-refractivity contribution in [2.45, 2.75) is 26.3 Å². The van der Waals surface area contributed by atoms with E-state index < -0.39 is 0 Å². The summed E-state index contributed by atoms with van der Waals surface area (Å²) in [5.41, 5.74) is 1.18. The molecule has 5 heteroatoms. The molecule has 0 aliphatic carbocycles. The number of nitro groups is 1. The van der Waals surface area contributed by atoms with E-state index in [4.69, 9.17) is 4.74 Å². The van der Waals surface area contributed by atoms with Crippen LogP contribution in [0.1, 0.15) is 25.3 Å². The predicted octanol–water partition coefficient (Wildman–Crippen LogP) is 2.50. The van der Waals surface area contributed by atoms with Gasteiger partial charge in [0.05, 0.1) is 4.92 Å². The third-order valence-electron chi connectivity index (χ3n) is 2.47. The van der Waals surface area contributed by atoms with Crippen LogP contribution >= 0.6 is 0 Å². The van der Waals surface area contributed by atoms with Crippen LogP contribution < -0.4 is 5.32 Å². The molecular weight excluding hydrogens is 232 g/mol. The van der Waals surface area contributed by atoms with Crippen molar-refractivity contribution in [1.82, 2.24) is 5.32 Å². The van der Waals surface area contributed by atoms with Crippen molar-refractivity contribution >= 4 is 5.69 Å². The highest BCUT2D eigenvalue weighted by atomic mass is 16.6. The van der Waals surface area contributed by atoms with E-state index >= 15 is 0 Å². The first-order valence-electron chi connectivity index (χ1n) is 6.26. The van der Waals surface area contributed by atoms with Gasteiger partial charge >= 0.3 is 0 Å². The van der Waals surface area contributed by atoms with Crippen LogP contribution in [-0.2, 0) is 11.3 Å². The zero-order chi connectivity index (χ0) is 13.2. The molecule has 0 saturated carbocycles. The minimum Gasteiger partial charge on any atom is -0.381 e. The molecule has 1 N–H and O–H groups in total. The van der Waals surface area contributed by atoms with Crippen molar-refractivity contribution in [3.8, 4) is 0 Å². The molecule has 0 fully saturated rings. The fraction of sp³-hybridized carbons (Fsp3) is 0.538. The Morgan fingerprint density at radius 1 is 1.28 bits per heavy atom. The van der Waals surface area contributed by atoms with Gasteiger partial charge in [-0.15, -0.1) is 0 Å². The molecule has 0 radical (unpaired) electrons. The third kappa shape index (κ3) is 5.75. The number of nitrogens with zero attached hydrogens (tertiary/aromatic N) is 1. The zero-order valence-electron chi connectivity index (χ0n) is 10.7. The Morgan fingerprint density at radius 2 is 2.00 bits per heavy atom. The van der Waals surface area contributed by atoms with Crippen molar-refractivity contribution in [3.63, 3.8) is 0 Å². The summed E-state index contributed by atoms with van der Waals surface area (Å²) in [7, 11) is 0. The number of benzene rings is 1. The van der Waals surface area contributed by atoms with Gasteiger partial charge in [0, 0.05) is 31.9 Å². The maximum absolute atomic E-state index is 10.5. The van der Waals surface area contributed by atoms with Crippen LogP contribution in [0.25, 0.3) is 0 Å². The summed E-state index contributed by atoms with van der Waals surface area (Å²) in [6, 6.07) is 6.61. The average molecular weight is 252 g/mol. The molecule has 0 atom stereocenters. The maximum atomic E-state index is 10.5. The van der Waals surface area contributed by atoms with E-state index in [9.17, 15) is 10.1 Å². The molecule has 0 aliphatic heterocycles. The molecule has 0 spiro atoms. The molecule has 0 bridgehead atoms. The minimum atomic E-state index is -0.387. The summed E-state index contributed by atoms with van der Waals surface area (Å²) in [6.45, 7) is 5.31. The molecule has 5 nitrogen and oxygen atoms in total. The molecule has 0 unspecified atom stereocenters. The second-order valence-corrected chi connectivity index (χ2v) is 4.07. The number of hydrogen-bond donors (Lipinski definition) is 1. The monoisotopic (exact) mass is 252 g/mol. The predicted molar refractivity (Wildman–Crippen MR) is 70.5 cm³/mol. The van der Waals surface area contributed by atoms with Gasteiger partial charge in [-0.05, 0) is 24.9 Å². The summed E-state index contributed by atoms with van der Waals surface area (Å²) < 4.78 is 5.36. The molecule has 1 rings (SSSR count). The summed E-state index contributed by atoms with van der Waals surface area (Å²) in [6.07, 6.45) is 2.03. The Bertz CT molecular complexity index is 352. The largest absolute Gasteiger partial charge is 0.381 e. The van der Waals surface area contributed by atoms with E-state index in [1.54, 1.807) is 12.1 Å². The number of hydrogen-bond acceptors (Lipinski definition) is 4. The fourth-order valence-electron chi connectivity index (χ4n) is 1.51. The fourth-order valence-corrected chi connectivity index (χ4v) is 1.51. The van der Waals surface area contributed by atoms with Gasteiger partial charge in [0.1, 0.15) is 0 Å². The molecule has 1 aromatic carbocycles. The van der Waals surface area contributed by atoms with E-state index in [0.717, 1.165) is 44.7 Å². The minimum absolute atomic E-state index is 0.131. The first-order valence-corrected chi connectivity index (χ1v) is 6.26. The van der Waals surface area contributed by atoms with Crippen molar-refractivity contribution < 1.29 is 9.66 Å². The summed E-state index contributed by atoms with van der Waals surface area (Å²) in [5.74, 6) is 0. The lowest BCUT2D eigenvalue weighted by molar-refractivity contribution is -0.384. The van der Waals surface area contributed by atoms with Crippen LogP contribution in [0.4, 0.5) is 5.69 Å². The van der Waals surface area contributed by atoms with Gasteiger partial charge in [-0.3, -0.25) is 10.1 Å². The van der Waals surface area contributed by atoms with E-state index in [1.165, 1.54) is 12.1 Å². The lowest BCUT2D eigenvalue weighted by Gasteiger charge is -2.05. The van der Waals surface area contributed by atoms with Crippen molar-refractivity contribution in [1.29, 1.82) is 0 Å². The molecule has 18 heavy (non-hydrogen) atoms. The first-order chi connectivity index (χ1) is 8.74. The van der Waals surface area contributed by atoms with Gasteiger partial charge in [-0.25, -0.2) is 0 Å². The van der Waals surface area contributed by atoms with Gasteiger partial charge in [0.15, 0.2) is 0 Å². The van der Waals surface area contributed by atoms with Crippen LogP contribution in [0.3, 0.4) is 0 Å². The van der Waals surface area contributed by atoms with E-state index in [0.29, 0.717) is 0 Å². The highest BCUT2D eigenvalue weighted by Crippen LogP contribution is 2.11. The Labute approximate surface area is 107 Å². The SMILES string of the molecule is CCCOCCCNCc1ccc([N+](=O)[O-])cc1. The summed E-state index contributed by atoms with van der Waals surface area (Å²) in [5, 5.41) is 13.8. The summed E-state index contributed by atoms with van der Waals surface area (Å²) in [4.78, 5) is 10.1. The van der Waals surface area contributed by atoms with E-state index in [1.807, 2.05) is 0 Å². The maximum Gasteiger partial charge on any atom is 0.269 e. The van der Waals surface area contributed by atoms with E-state index in [-0.39, 0.29) is 10.6 Å². The highest BCUT2D eigenvalue weighted by molar-refractivity contribution is 5.32. The van der Waals surface area contributed by atoms with Crippen molar-refractivity contribution in [2.75, 3.05) is 19.8 Å². The Kier molecular flexibility index (Phi) is 6.98. The Balaban J connectivity index is 2.14. The second-order valence-electron chi connectivity index (χ2n) is 4.07. The van der Waals surface area contributed by atoms with Crippen LogP contribution in [0, 0.1) is 10.1 Å². The first kappa shape index (κ1) is 14.6. The van der Waals surface area contributed by atoms with Crippen LogP contribution in [0.2, 0.25) is 0 Å². The number of non-ortho nitro benzene ring substituents is 1. The topological polar surface area (TPSA) is 64.4 Å². The molecule has 100 valence electrons. The Morgan fingerprint density at radius 3 is 2.61 bits per heavy atom. The van der Waals surface area contributed by atoms with Gasteiger partial charge in [0.25, 0.3) is 5.69 Å². The Hall–Kier alpha value is -1.46. The van der Waals surface area contributed by atoms with Gasteiger partial charge in [-0.1, -0.05) is 19.1 Å². The van der Waals surface area contributed by atoms with Crippen molar-refractivity contribution in [3.05, 3.63) is 39.9 Å². The quantitative estimate of drug-likeness (QED) is 0.416. The average Bonchev–Trinajstić information content (AvgIpc) is 2.38. The smallest absolute Gasteiger partial charge is 0.269 e. The standard InChI is InChI=1S/C13H20N2O3/c1-2-9-18-10-3-8-14-11-12-4-6-13(7-5-12)15(16)17/h4-7,14H,2-3,8-11H2,1H3. The number of rotatable bonds is 9. The molecule has 0 aromatic heterocycles. The van der Waals surface area contributed by atoms with Crippen molar-refractivity contribution in [2.24, 2.45) is 0 Å². The second kappa shape index (κ2) is 8.60. The van der Waals surface area contributed by atoms with Crippen LogP contribution in [0.5, 0.6) is 0 Å². The lowest BCUT2D eigenvalue weighted by Crippen LogP contribution is -2.16. The van der Waals surface area contributed by atoms with Gasteiger partial charge < -0.3 is 10.1 Å². The lowest BCUT2D eigenvalue weighted by atomic mass is 10.2. The molecule has 0 saturated heterocycles.